The molecule has 0 rings (SSSR count). The van der Waals surface area contributed by atoms with Crippen LogP contribution < -0.4 is 0 Å². The van der Waals surface area contributed by atoms with Gasteiger partial charge in [0.05, 0.1) is 0 Å². The Kier molecular flexibility index (Phi) is 19.0. The standard InChI is InChI=1S/H2S4.Zn/c1-3-4-2;/h1-2H;. The summed E-state index contributed by atoms with van der Waals surface area (Å²) in [5, 5.41) is 0. The molecule has 0 nitrogen and oxygen atoms in total. The molecule has 0 aromatic heterocycles. The fourth-order valence-corrected chi connectivity index (χ4v) is 0. The van der Waals surface area contributed by atoms with Gasteiger partial charge in [-0.15, -0.1) is 0 Å². The Labute approximate surface area is 62.0 Å². The molecule has 0 aromatic carbocycles. The largest absolute Gasteiger partial charge is 0.0989 e. The van der Waals surface area contributed by atoms with Gasteiger partial charge in [0.25, 0.3) is 0 Å². The third-order valence-corrected chi connectivity index (χ3v) is 2.70. The van der Waals surface area contributed by atoms with Crippen LogP contribution in [0.25, 0.3) is 0 Å². The summed E-state index contributed by atoms with van der Waals surface area (Å²) in [6, 6.07) is 0. The zero-order valence-electron chi connectivity index (χ0n) is 2.42. The van der Waals surface area contributed by atoms with Gasteiger partial charge in [0.1, 0.15) is 0 Å². The van der Waals surface area contributed by atoms with Crippen LogP contribution in [0, 0.1) is 0 Å². The normalized spacial score (nSPS) is 6.00. The maximum absolute atomic E-state index is 3.72. The molecule has 0 bridgehead atoms. The van der Waals surface area contributed by atoms with Crippen molar-refractivity contribution in [1.82, 2.24) is 0 Å². The van der Waals surface area contributed by atoms with Crippen molar-refractivity contribution in [2.45, 2.75) is 0 Å². The number of hydrogen-bond acceptors (Lipinski definition) is 4. The summed E-state index contributed by atoms with van der Waals surface area (Å²) < 4.78 is 0. The minimum atomic E-state index is 0. The zero-order chi connectivity index (χ0) is 3.41. The van der Waals surface area contributed by atoms with E-state index in [0.29, 0.717) is 0 Å². The summed E-state index contributed by atoms with van der Waals surface area (Å²) in [6.45, 7) is 0. The minimum absolute atomic E-state index is 0. The average Bonchev–Trinajstić information content (AvgIpc) is 1.37. The molecule has 0 atom stereocenters. The summed E-state index contributed by atoms with van der Waals surface area (Å²) in [4.78, 5) is 0. The van der Waals surface area contributed by atoms with Gasteiger partial charge in [0, 0.05) is 19.5 Å². The van der Waals surface area contributed by atoms with E-state index in [1.165, 1.54) is 19.7 Å². The molecule has 0 aliphatic carbocycles. The van der Waals surface area contributed by atoms with Gasteiger partial charge < -0.3 is 0 Å². The van der Waals surface area contributed by atoms with Crippen LogP contribution in [0.1, 0.15) is 0 Å². The average molecular weight is 196 g/mol. The van der Waals surface area contributed by atoms with Gasteiger partial charge in [-0.2, -0.15) is 0 Å². The molecule has 0 aromatic rings. The Balaban J connectivity index is 0. The topological polar surface area (TPSA) is 0 Å². The molecule has 5 heavy (non-hydrogen) atoms. The minimum Gasteiger partial charge on any atom is -0.0989 e. The number of hydrogen-bond donors (Lipinski definition) is 2. The summed E-state index contributed by atoms with van der Waals surface area (Å²) in [5.41, 5.74) is 0. The van der Waals surface area contributed by atoms with E-state index >= 15 is 0 Å². The van der Waals surface area contributed by atoms with Crippen molar-refractivity contribution in [3.8, 4) is 0 Å². The van der Waals surface area contributed by atoms with Gasteiger partial charge in [-0.3, -0.25) is 0 Å². The Bertz CT molecular complexity index is 5.61. The summed E-state index contributed by atoms with van der Waals surface area (Å²) in [5.74, 6) is 0. The molecule has 0 saturated carbocycles. The molecular weight excluding hydrogens is 194 g/mol. The van der Waals surface area contributed by atoms with E-state index < -0.39 is 0 Å². The molecule has 0 unspecified atom stereocenters. The van der Waals surface area contributed by atoms with Crippen LogP contribution in [0.15, 0.2) is 0 Å². The van der Waals surface area contributed by atoms with E-state index in [2.05, 4.69) is 23.3 Å². The van der Waals surface area contributed by atoms with Crippen molar-refractivity contribution in [3.63, 3.8) is 0 Å². The molecular formula is H2S4Zn. The SMILES string of the molecule is SSSS.[Zn]. The van der Waals surface area contributed by atoms with E-state index in [1.807, 2.05) is 0 Å². The Morgan fingerprint density at radius 3 is 1.20 bits per heavy atom. The fourth-order valence-electron chi connectivity index (χ4n) is 0. The predicted molar refractivity (Wildman–Crippen MR) is 33.2 cm³/mol. The van der Waals surface area contributed by atoms with Crippen LogP contribution in [0.5, 0.6) is 0 Å². The van der Waals surface area contributed by atoms with E-state index in [0.717, 1.165) is 0 Å². The van der Waals surface area contributed by atoms with Crippen molar-refractivity contribution in [2.75, 3.05) is 0 Å². The van der Waals surface area contributed by atoms with Gasteiger partial charge in [-0.05, 0) is 19.7 Å². The molecule has 0 spiro atoms. The summed E-state index contributed by atoms with van der Waals surface area (Å²) in [6.07, 6.45) is 0. The van der Waals surface area contributed by atoms with Gasteiger partial charge in [0.15, 0.2) is 0 Å². The number of rotatable bonds is 1. The fraction of sp³-hybridized carbons (Fsp3) is 0. The molecule has 0 fully saturated rings. The van der Waals surface area contributed by atoms with E-state index in [-0.39, 0.29) is 19.5 Å². The molecule has 0 saturated heterocycles. The smallest absolute Gasteiger partial charge is 0 e. The van der Waals surface area contributed by atoms with E-state index in [1.54, 1.807) is 0 Å². The van der Waals surface area contributed by atoms with E-state index in [4.69, 9.17) is 0 Å². The zero-order valence-corrected chi connectivity index (χ0v) is 8.81. The third-order valence-electron chi connectivity index (χ3n) is 0.0333. The van der Waals surface area contributed by atoms with Crippen molar-refractivity contribution in [2.24, 2.45) is 0 Å². The molecule has 0 N–H and O–H groups in total. The molecule has 0 aliphatic rings. The second-order valence-corrected chi connectivity index (χ2v) is 4.02. The first-order chi connectivity index (χ1) is 1.91. The van der Waals surface area contributed by atoms with Gasteiger partial charge in [-0.25, -0.2) is 0 Å². The van der Waals surface area contributed by atoms with Crippen molar-refractivity contribution in [1.29, 1.82) is 0 Å². The van der Waals surface area contributed by atoms with Crippen LogP contribution in [0.2, 0.25) is 0 Å². The molecule has 0 heterocycles. The third kappa shape index (κ3) is 10.7. The van der Waals surface area contributed by atoms with Gasteiger partial charge in [-0.1, -0.05) is 23.3 Å². The first-order valence-electron chi connectivity index (χ1n) is 0.532. The van der Waals surface area contributed by atoms with E-state index in [9.17, 15) is 0 Å². The Hall–Kier alpha value is 2.02. The maximum Gasteiger partial charge on any atom is 0 e. The number of thiol groups is 2. The molecule has 28 valence electrons. The van der Waals surface area contributed by atoms with Gasteiger partial charge in [0.2, 0.25) is 0 Å². The predicted octanol–water partition coefficient (Wildman–Crippen LogP) is 2.05. The molecule has 0 radical (unpaired) electrons. The first kappa shape index (κ1) is 10.1. The molecule has 0 aliphatic heterocycles. The van der Waals surface area contributed by atoms with Crippen molar-refractivity contribution < 1.29 is 19.5 Å². The Morgan fingerprint density at radius 2 is 1.20 bits per heavy atom. The van der Waals surface area contributed by atoms with Crippen molar-refractivity contribution in [3.05, 3.63) is 0 Å². The maximum atomic E-state index is 3.72. The Morgan fingerprint density at radius 1 is 1.00 bits per heavy atom. The quantitative estimate of drug-likeness (QED) is 0.374. The second-order valence-electron chi connectivity index (χ2n) is 0.149. The monoisotopic (exact) mass is 194 g/mol. The van der Waals surface area contributed by atoms with Crippen molar-refractivity contribution >= 4 is 43.0 Å². The van der Waals surface area contributed by atoms with Crippen LogP contribution in [0.3, 0.4) is 0 Å². The van der Waals surface area contributed by atoms with Crippen LogP contribution in [0.4, 0.5) is 0 Å². The van der Waals surface area contributed by atoms with Crippen LogP contribution >= 0.6 is 43.0 Å². The summed E-state index contributed by atoms with van der Waals surface area (Å²) in [7, 11) is 2.66. The van der Waals surface area contributed by atoms with Crippen LogP contribution in [-0.4, -0.2) is 0 Å². The molecule has 5 heteroatoms. The van der Waals surface area contributed by atoms with Gasteiger partial charge >= 0.3 is 0 Å². The molecule has 0 amide bonds. The summed E-state index contributed by atoms with van der Waals surface area (Å²) >= 11 is 7.45. The van der Waals surface area contributed by atoms with Crippen LogP contribution in [-0.2, 0) is 19.5 Å². The first-order valence-corrected chi connectivity index (χ1v) is 4.79. The second kappa shape index (κ2) is 9.39.